The molecule has 1 unspecified atom stereocenters. The quantitative estimate of drug-likeness (QED) is 0.847. The minimum Gasteiger partial charge on any atom is -0.496 e. The van der Waals surface area contributed by atoms with E-state index in [4.69, 9.17) is 21.1 Å². The highest BCUT2D eigenvalue weighted by Gasteiger charge is 2.28. The van der Waals surface area contributed by atoms with Crippen molar-refractivity contribution < 1.29 is 14.3 Å². The van der Waals surface area contributed by atoms with Crippen LogP contribution in [0.3, 0.4) is 0 Å². The summed E-state index contributed by atoms with van der Waals surface area (Å²) in [7, 11) is 1.59. The predicted molar refractivity (Wildman–Crippen MR) is 93.8 cm³/mol. The molecule has 4 nitrogen and oxygen atoms in total. The molecule has 1 fully saturated rings. The number of hydrogen-bond acceptors (Lipinski definition) is 3. The second-order valence-electron chi connectivity index (χ2n) is 5.82. The molecule has 0 aliphatic carbocycles. The van der Waals surface area contributed by atoms with Crippen molar-refractivity contribution in [3.63, 3.8) is 0 Å². The van der Waals surface area contributed by atoms with Crippen LogP contribution in [0, 0.1) is 6.92 Å². The maximum atomic E-state index is 12.9. The van der Waals surface area contributed by atoms with Gasteiger partial charge < -0.3 is 14.4 Å². The minimum absolute atomic E-state index is 0.0298. The lowest BCUT2D eigenvalue weighted by Crippen LogP contribution is -2.42. The van der Waals surface area contributed by atoms with E-state index in [1.165, 1.54) is 0 Å². The molecule has 1 aliphatic rings. The molecule has 1 aliphatic heterocycles. The zero-order chi connectivity index (χ0) is 17.1. The number of morpholine rings is 1. The van der Waals surface area contributed by atoms with Crippen molar-refractivity contribution >= 4 is 17.5 Å². The molecule has 126 valence electrons. The molecule has 2 aromatic carbocycles. The summed E-state index contributed by atoms with van der Waals surface area (Å²) in [6.45, 7) is 3.52. The number of halogens is 1. The highest BCUT2D eigenvalue weighted by atomic mass is 35.5. The third kappa shape index (κ3) is 3.40. The van der Waals surface area contributed by atoms with Crippen LogP contribution in [0.4, 0.5) is 0 Å². The first kappa shape index (κ1) is 16.8. The fourth-order valence-corrected chi connectivity index (χ4v) is 3.10. The number of aryl methyl sites for hydroxylation is 1. The Morgan fingerprint density at radius 1 is 1.25 bits per heavy atom. The van der Waals surface area contributed by atoms with Gasteiger partial charge in [0.05, 0.1) is 25.8 Å². The molecule has 1 heterocycles. The van der Waals surface area contributed by atoms with Crippen LogP contribution in [0.15, 0.2) is 42.5 Å². The first-order valence-corrected chi connectivity index (χ1v) is 8.28. The van der Waals surface area contributed by atoms with Crippen LogP contribution in [-0.2, 0) is 4.74 Å². The van der Waals surface area contributed by atoms with Gasteiger partial charge in [-0.2, -0.15) is 0 Å². The van der Waals surface area contributed by atoms with Crippen molar-refractivity contribution in [1.82, 2.24) is 4.90 Å². The van der Waals surface area contributed by atoms with E-state index in [1.807, 2.05) is 48.2 Å². The van der Waals surface area contributed by atoms with Crippen molar-refractivity contribution in [2.75, 3.05) is 26.8 Å². The summed E-state index contributed by atoms with van der Waals surface area (Å²) in [6.07, 6.45) is -0.143. The third-order valence-electron chi connectivity index (χ3n) is 4.24. The number of rotatable bonds is 3. The van der Waals surface area contributed by atoms with Gasteiger partial charge in [0.15, 0.2) is 0 Å². The summed E-state index contributed by atoms with van der Waals surface area (Å²) in [5.41, 5.74) is 2.56. The standard InChI is InChI=1S/C19H20ClNO3/c1-13-4-3-5-16(18(13)23-2)19(22)21-10-11-24-17(12-21)14-6-8-15(20)9-7-14/h3-9,17H,10-12H2,1-2H3. The normalized spacial score (nSPS) is 17.6. The molecule has 2 aromatic rings. The van der Waals surface area contributed by atoms with Crippen LogP contribution >= 0.6 is 11.6 Å². The Balaban J connectivity index is 1.81. The molecule has 5 heteroatoms. The predicted octanol–water partition coefficient (Wildman–Crippen LogP) is 3.87. The maximum absolute atomic E-state index is 12.9. The van der Waals surface area contributed by atoms with Crippen LogP contribution in [0.2, 0.25) is 5.02 Å². The summed E-state index contributed by atoms with van der Waals surface area (Å²) in [4.78, 5) is 14.8. The molecule has 1 amide bonds. The van der Waals surface area contributed by atoms with Gasteiger partial charge in [-0.15, -0.1) is 0 Å². The zero-order valence-corrected chi connectivity index (χ0v) is 14.5. The first-order chi connectivity index (χ1) is 11.6. The molecule has 3 rings (SSSR count). The highest BCUT2D eigenvalue weighted by molar-refractivity contribution is 6.30. The van der Waals surface area contributed by atoms with Crippen LogP contribution < -0.4 is 4.74 Å². The minimum atomic E-state index is -0.143. The zero-order valence-electron chi connectivity index (χ0n) is 13.8. The van der Waals surface area contributed by atoms with E-state index in [-0.39, 0.29) is 12.0 Å². The Morgan fingerprint density at radius 3 is 2.71 bits per heavy atom. The highest BCUT2D eigenvalue weighted by Crippen LogP contribution is 2.28. The molecule has 0 saturated carbocycles. The van der Waals surface area contributed by atoms with E-state index in [1.54, 1.807) is 13.2 Å². The molecule has 1 atom stereocenters. The number of nitrogens with zero attached hydrogens (tertiary/aromatic N) is 1. The molecule has 0 aromatic heterocycles. The third-order valence-corrected chi connectivity index (χ3v) is 4.49. The van der Waals surface area contributed by atoms with E-state index >= 15 is 0 Å². The lowest BCUT2D eigenvalue weighted by molar-refractivity contribution is -0.0229. The van der Waals surface area contributed by atoms with Crippen molar-refractivity contribution in [2.45, 2.75) is 13.0 Å². The van der Waals surface area contributed by atoms with E-state index in [9.17, 15) is 4.79 Å². The van der Waals surface area contributed by atoms with Gasteiger partial charge in [0, 0.05) is 11.6 Å². The second kappa shape index (κ2) is 7.24. The lowest BCUT2D eigenvalue weighted by Gasteiger charge is -2.33. The first-order valence-electron chi connectivity index (χ1n) is 7.90. The number of amides is 1. The Bertz CT molecular complexity index is 730. The van der Waals surface area contributed by atoms with Gasteiger partial charge in [-0.3, -0.25) is 4.79 Å². The SMILES string of the molecule is COc1c(C)cccc1C(=O)N1CCOC(c2ccc(Cl)cc2)C1. The largest absolute Gasteiger partial charge is 0.496 e. The maximum Gasteiger partial charge on any atom is 0.257 e. The van der Waals surface area contributed by atoms with Gasteiger partial charge >= 0.3 is 0 Å². The number of hydrogen-bond donors (Lipinski definition) is 0. The van der Waals surface area contributed by atoms with Crippen LogP contribution in [0.25, 0.3) is 0 Å². The summed E-state index contributed by atoms with van der Waals surface area (Å²) in [6, 6.07) is 13.2. The molecule has 24 heavy (non-hydrogen) atoms. The van der Waals surface area contributed by atoms with Crippen molar-refractivity contribution in [3.8, 4) is 5.75 Å². The number of carbonyl (C=O) groups excluding carboxylic acids is 1. The van der Waals surface area contributed by atoms with Crippen LogP contribution in [-0.4, -0.2) is 37.6 Å². The molecular formula is C19H20ClNO3. The lowest BCUT2D eigenvalue weighted by atomic mass is 10.1. The molecule has 0 bridgehead atoms. The average Bonchev–Trinajstić information content (AvgIpc) is 2.61. The summed E-state index contributed by atoms with van der Waals surface area (Å²) in [5.74, 6) is 0.606. The van der Waals surface area contributed by atoms with E-state index in [0.717, 1.165) is 11.1 Å². The van der Waals surface area contributed by atoms with Crippen molar-refractivity contribution in [2.24, 2.45) is 0 Å². The number of benzene rings is 2. The van der Waals surface area contributed by atoms with E-state index < -0.39 is 0 Å². The number of ether oxygens (including phenoxy) is 2. The fraction of sp³-hybridized carbons (Fsp3) is 0.316. The molecule has 1 saturated heterocycles. The molecule has 0 radical (unpaired) electrons. The van der Waals surface area contributed by atoms with Gasteiger partial charge in [-0.25, -0.2) is 0 Å². The smallest absolute Gasteiger partial charge is 0.257 e. The summed E-state index contributed by atoms with van der Waals surface area (Å²) >= 11 is 5.94. The Kier molecular flexibility index (Phi) is 5.07. The van der Waals surface area contributed by atoms with Crippen LogP contribution in [0.5, 0.6) is 5.75 Å². The summed E-state index contributed by atoms with van der Waals surface area (Å²) < 4.78 is 11.3. The second-order valence-corrected chi connectivity index (χ2v) is 6.25. The number of methoxy groups -OCH3 is 1. The van der Waals surface area contributed by atoms with Gasteiger partial charge in [-0.1, -0.05) is 35.9 Å². The topological polar surface area (TPSA) is 38.8 Å². The van der Waals surface area contributed by atoms with E-state index in [2.05, 4.69) is 0 Å². The Morgan fingerprint density at radius 2 is 2.00 bits per heavy atom. The monoisotopic (exact) mass is 345 g/mol. The van der Waals surface area contributed by atoms with Gasteiger partial charge in [0.2, 0.25) is 0 Å². The van der Waals surface area contributed by atoms with Gasteiger partial charge in [-0.05, 0) is 36.2 Å². The molecule has 0 N–H and O–H groups in total. The molecule has 0 spiro atoms. The molecular weight excluding hydrogens is 326 g/mol. The fourth-order valence-electron chi connectivity index (χ4n) is 2.98. The van der Waals surface area contributed by atoms with Crippen LogP contribution in [0.1, 0.15) is 27.6 Å². The van der Waals surface area contributed by atoms with E-state index in [0.29, 0.717) is 36.0 Å². The van der Waals surface area contributed by atoms with Crippen molar-refractivity contribution in [3.05, 3.63) is 64.2 Å². The Hall–Kier alpha value is -2.04. The van der Waals surface area contributed by atoms with Gasteiger partial charge in [0.25, 0.3) is 5.91 Å². The number of para-hydroxylation sites is 1. The van der Waals surface area contributed by atoms with Gasteiger partial charge in [0.1, 0.15) is 11.9 Å². The summed E-state index contributed by atoms with van der Waals surface area (Å²) in [5, 5.41) is 0.687. The number of carbonyl (C=O) groups is 1. The average molecular weight is 346 g/mol. The van der Waals surface area contributed by atoms with Crippen molar-refractivity contribution in [1.29, 1.82) is 0 Å². The Labute approximate surface area is 146 Å².